The lowest BCUT2D eigenvalue weighted by Gasteiger charge is -2.18. The Morgan fingerprint density at radius 2 is 1.77 bits per heavy atom. The van der Waals surface area contributed by atoms with Crippen LogP contribution in [0.4, 0.5) is 0 Å². The van der Waals surface area contributed by atoms with Gasteiger partial charge in [0.2, 0.25) is 0 Å². The molecule has 0 unspecified atom stereocenters. The number of aldehydes is 1. The van der Waals surface area contributed by atoms with Gasteiger partial charge in [-0.1, -0.05) is 24.3 Å². The molecule has 110 valence electrons. The van der Waals surface area contributed by atoms with E-state index in [1.54, 1.807) is 18.0 Å². The molecule has 0 atom stereocenters. The third kappa shape index (κ3) is 2.88. The third-order valence-electron chi connectivity index (χ3n) is 3.40. The Balaban J connectivity index is 2.17. The molecule has 2 heterocycles. The van der Waals surface area contributed by atoms with Crippen LogP contribution in [0.2, 0.25) is 0 Å². The van der Waals surface area contributed by atoms with E-state index in [4.69, 9.17) is 0 Å². The van der Waals surface area contributed by atoms with E-state index in [1.807, 2.05) is 56.7 Å². The van der Waals surface area contributed by atoms with E-state index >= 15 is 0 Å². The van der Waals surface area contributed by atoms with Crippen molar-refractivity contribution in [1.82, 2.24) is 9.97 Å². The number of hydrogen-bond donors (Lipinski definition) is 0. The second-order valence-corrected chi connectivity index (χ2v) is 7.30. The normalized spacial score (nSPS) is 11.5. The van der Waals surface area contributed by atoms with Gasteiger partial charge in [-0.3, -0.25) is 9.97 Å². The maximum atomic E-state index is 11.2. The highest BCUT2D eigenvalue weighted by atomic mass is 32.2. The minimum atomic E-state index is -0.478. The summed E-state index contributed by atoms with van der Waals surface area (Å²) in [6.07, 6.45) is 8.29. The molecule has 3 aromatic rings. The van der Waals surface area contributed by atoms with Gasteiger partial charge in [0.1, 0.15) is 6.29 Å². The van der Waals surface area contributed by atoms with Crippen LogP contribution in [0, 0.1) is 0 Å². The van der Waals surface area contributed by atoms with Crippen molar-refractivity contribution in [2.45, 2.75) is 23.5 Å². The average Bonchev–Trinajstić information content (AvgIpc) is 2.55. The topological polar surface area (TPSA) is 42.9 Å². The molecule has 22 heavy (non-hydrogen) atoms. The molecule has 4 heteroatoms. The predicted octanol–water partition coefficient (Wildman–Crippen LogP) is 4.37. The van der Waals surface area contributed by atoms with Crippen LogP contribution < -0.4 is 0 Å². The Morgan fingerprint density at radius 3 is 2.59 bits per heavy atom. The number of hydrogen-bond acceptors (Lipinski definition) is 4. The van der Waals surface area contributed by atoms with Gasteiger partial charge in [-0.15, -0.1) is 11.8 Å². The number of carbonyl (C=O) groups is 1. The van der Waals surface area contributed by atoms with Crippen LogP contribution in [0.5, 0.6) is 0 Å². The molecule has 1 aromatic carbocycles. The standard InChI is InChI=1S/C18H16N2OS/c1-18(2,12-21)22-17-7-8-19-11-16(17)15-10-20-9-13-5-3-4-6-14(13)15/h3-12H,1-2H3. The Morgan fingerprint density at radius 1 is 1.00 bits per heavy atom. The molecule has 0 aliphatic heterocycles. The van der Waals surface area contributed by atoms with Crippen LogP contribution in [-0.2, 0) is 4.79 Å². The van der Waals surface area contributed by atoms with Gasteiger partial charge in [0, 0.05) is 46.2 Å². The van der Waals surface area contributed by atoms with Crippen LogP contribution >= 0.6 is 11.8 Å². The molecule has 3 rings (SSSR count). The van der Waals surface area contributed by atoms with E-state index in [2.05, 4.69) is 16.0 Å². The zero-order chi connectivity index (χ0) is 15.6. The summed E-state index contributed by atoms with van der Waals surface area (Å²) in [5.74, 6) is 0. The summed E-state index contributed by atoms with van der Waals surface area (Å²) < 4.78 is -0.478. The zero-order valence-corrected chi connectivity index (χ0v) is 13.3. The van der Waals surface area contributed by atoms with Gasteiger partial charge in [0.15, 0.2) is 0 Å². The number of benzene rings is 1. The first-order valence-electron chi connectivity index (χ1n) is 7.03. The van der Waals surface area contributed by atoms with Gasteiger partial charge in [-0.05, 0) is 25.3 Å². The number of carbonyl (C=O) groups excluding carboxylic acids is 1. The molecule has 0 amide bonds. The summed E-state index contributed by atoms with van der Waals surface area (Å²) in [7, 11) is 0. The lowest BCUT2D eigenvalue weighted by atomic mass is 10.0. The fraction of sp³-hybridized carbons (Fsp3) is 0.167. The first-order chi connectivity index (χ1) is 10.6. The predicted molar refractivity (Wildman–Crippen MR) is 91.0 cm³/mol. The van der Waals surface area contributed by atoms with Crippen molar-refractivity contribution in [1.29, 1.82) is 0 Å². The fourth-order valence-corrected chi connectivity index (χ4v) is 3.33. The summed E-state index contributed by atoms with van der Waals surface area (Å²) in [5.41, 5.74) is 2.04. The summed E-state index contributed by atoms with van der Waals surface area (Å²) in [6, 6.07) is 10.1. The Labute approximate surface area is 133 Å². The molecule has 0 aliphatic carbocycles. The van der Waals surface area contributed by atoms with Gasteiger partial charge in [0.25, 0.3) is 0 Å². The van der Waals surface area contributed by atoms with Gasteiger partial charge in [0.05, 0.1) is 4.75 Å². The van der Waals surface area contributed by atoms with E-state index in [1.165, 1.54) is 0 Å². The Bertz CT molecular complexity index is 825. The maximum absolute atomic E-state index is 11.2. The first kappa shape index (κ1) is 14.7. The van der Waals surface area contributed by atoms with Gasteiger partial charge in [-0.25, -0.2) is 0 Å². The van der Waals surface area contributed by atoms with Crippen molar-refractivity contribution in [3.8, 4) is 11.1 Å². The number of pyridine rings is 2. The molecule has 0 aliphatic rings. The lowest BCUT2D eigenvalue weighted by Crippen LogP contribution is -2.15. The van der Waals surface area contributed by atoms with Gasteiger partial charge in [-0.2, -0.15) is 0 Å². The molecule has 3 nitrogen and oxygen atoms in total. The molecular formula is C18H16N2OS. The molecule has 0 radical (unpaired) electrons. The van der Waals surface area contributed by atoms with Crippen molar-refractivity contribution in [2.75, 3.05) is 0 Å². The smallest absolute Gasteiger partial charge is 0.135 e. The molecule has 0 spiro atoms. The van der Waals surface area contributed by atoms with Crippen molar-refractivity contribution in [2.24, 2.45) is 0 Å². The summed E-state index contributed by atoms with van der Waals surface area (Å²) in [6.45, 7) is 3.83. The highest BCUT2D eigenvalue weighted by molar-refractivity contribution is 8.01. The highest BCUT2D eigenvalue weighted by Crippen LogP contribution is 2.39. The fourth-order valence-electron chi connectivity index (χ4n) is 2.31. The van der Waals surface area contributed by atoms with Crippen LogP contribution in [0.25, 0.3) is 21.9 Å². The van der Waals surface area contributed by atoms with Crippen molar-refractivity contribution >= 4 is 28.8 Å². The van der Waals surface area contributed by atoms with Crippen LogP contribution in [0.15, 0.2) is 60.0 Å². The third-order valence-corrected chi connectivity index (χ3v) is 4.59. The largest absolute Gasteiger partial charge is 0.302 e. The monoisotopic (exact) mass is 308 g/mol. The minimum Gasteiger partial charge on any atom is -0.302 e. The number of fused-ring (bicyclic) bond motifs is 1. The van der Waals surface area contributed by atoms with E-state index in [-0.39, 0.29) is 0 Å². The summed E-state index contributed by atoms with van der Waals surface area (Å²) >= 11 is 1.54. The SMILES string of the molecule is CC(C)(C=O)Sc1ccncc1-c1cncc2ccccc12. The first-order valence-corrected chi connectivity index (χ1v) is 7.85. The van der Waals surface area contributed by atoms with Gasteiger partial charge < -0.3 is 4.79 Å². The quantitative estimate of drug-likeness (QED) is 0.530. The molecule has 0 saturated carbocycles. The number of thioether (sulfide) groups is 1. The molecule has 0 N–H and O–H groups in total. The summed E-state index contributed by atoms with van der Waals surface area (Å²) in [4.78, 5) is 20.9. The zero-order valence-electron chi connectivity index (χ0n) is 12.5. The van der Waals surface area contributed by atoms with Crippen LogP contribution in [0.1, 0.15) is 13.8 Å². The number of aromatic nitrogens is 2. The maximum Gasteiger partial charge on any atom is 0.135 e. The van der Waals surface area contributed by atoms with Crippen molar-refractivity contribution < 1.29 is 4.79 Å². The van der Waals surface area contributed by atoms with E-state index in [0.717, 1.165) is 33.1 Å². The second kappa shape index (κ2) is 5.89. The van der Waals surface area contributed by atoms with E-state index < -0.39 is 4.75 Å². The minimum absolute atomic E-state index is 0.478. The van der Waals surface area contributed by atoms with Crippen molar-refractivity contribution in [3.05, 3.63) is 55.1 Å². The average molecular weight is 308 g/mol. The highest BCUT2D eigenvalue weighted by Gasteiger charge is 2.21. The van der Waals surface area contributed by atoms with Gasteiger partial charge >= 0.3 is 0 Å². The Hall–Kier alpha value is -2.20. The van der Waals surface area contributed by atoms with E-state index in [0.29, 0.717) is 0 Å². The molecule has 0 saturated heterocycles. The Kier molecular flexibility index (Phi) is 3.94. The van der Waals surface area contributed by atoms with Crippen LogP contribution in [-0.4, -0.2) is 21.0 Å². The summed E-state index contributed by atoms with van der Waals surface area (Å²) in [5, 5.41) is 2.23. The number of rotatable bonds is 4. The second-order valence-electron chi connectivity index (χ2n) is 5.60. The molecule has 0 fully saturated rings. The molecular weight excluding hydrogens is 292 g/mol. The lowest BCUT2D eigenvalue weighted by molar-refractivity contribution is -0.109. The van der Waals surface area contributed by atoms with E-state index in [9.17, 15) is 4.79 Å². The van der Waals surface area contributed by atoms with Crippen molar-refractivity contribution in [3.63, 3.8) is 0 Å². The molecule has 0 bridgehead atoms. The molecule has 2 aromatic heterocycles. The number of nitrogens with zero attached hydrogens (tertiary/aromatic N) is 2. The van der Waals surface area contributed by atoms with Crippen LogP contribution in [0.3, 0.4) is 0 Å².